The van der Waals surface area contributed by atoms with Crippen LogP contribution in [0.2, 0.25) is 0 Å². The van der Waals surface area contributed by atoms with Gasteiger partial charge in [-0.05, 0) is 86.1 Å². The highest BCUT2D eigenvalue weighted by Gasteiger charge is 2.21. The highest BCUT2D eigenvalue weighted by molar-refractivity contribution is 7.19. The Hall–Kier alpha value is -3.35. The van der Waals surface area contributed by atoms with Gasteiger partial charge in [-0.2, -0.15) is 0 Å². The number of piperidine rings is 1. The lowest BCUT2D eigenvalue weighted by molar-refractivity contribution is 0.104. The zero-order valence-electron chi connectivity index (χ0n) is 19.6. The SMILES string of the molecule is O=C(c1ccc(OCCN2CCCCC2)cc1)c1c(Cc2ccc(O)cc2)sc2cc(O)ccc12. The number of fused-ring (bicyclic) bond motifs is 1. The number of thiophene rings is 1. The Morgan fingerprint density at radius 1 is 0.886 bits per heavy atom. The number of ether oxygens (including phenoxy) is 1. The molecule has 0 atom stereocenters. The highest BCUT2D eigenvalue weighted by Crippen LogP contribution is 2.36. The van der Waals surface area contributed by atoms with Crippen LogP contribution in [0, 0.1) is 0 Å². The van der Waals surface area contributed by atoms with Crippen molar-refractivity contribution in [1.29, 1.82) is 0 Å². The van der Waals surface area contributed by atoms with Crippen LogP contribution in [0.4, 0.5) is 0 Å². The molecule has 6 heteroatoms. The molecule has 3 aromatic carbocycles. The van der Waals surface area contributed by atoms with Gasteiger partial charge in [0.05, 0.1) is 0 Å². The first-order valence-electron chi connectivity index (χ1n) is 12.1. The summed E-state index contributed by atoms with van der Waals surface area (Å²) in [5.74, 6) is 1.11. The first kappa shape index (κ1) is 23.4. The summed E-state index contributed by atoms with van der Waals surface area (Å²) in [5.41, 5.74) is 2.27. The van der Waals surface area contributed by atoms with E-state index in [0.717, 1.165) is 45.9 Å². The second kappa shape index (κ2) is 10.5. The standard InChI is InChI=1S/C29H29NO4S/c31-22-8-4-20(5-9-22)18-27-28(25-13-10-23(32)19-26(25)35-27)29(33)21-6-11-24(12-7-21)34-17-16-30-14-2-1-3-15-30/h4-13,19,31-32H,1-3,14-18H2. The van der Waals surface area contributed by atoms with E-state index in [1.54, 1.807) is 24.3 Å². The van der Waals surface area contributed by atoms with E-state index in [-0.39, 0.29) is 17.3 Å². The molecule has 1 aliphatic heterocycles. The molecule has 1 aromatic heterocycles. The van der Waals surface area contributed by atoms with E-state index in [4.69, 9.17) is 4.74 Å². The van der Waals surface area contributed by atoms with E-state index in [1.165, 1.54) is 30.6 Å². The minimum absolute atomic E-state index is 0.0458. The number of rotatable bonds is 8. The number of carbonyl (C=O) groups is 1. The van der Waals surface area contributed by atoms with Gasteiger partial charge in [-0.3, -0.25) is 9.69 Å². The fourth-order valence-electron chi connectivity index (χ4n) is 4.63. The van der Waals surface area contributed by atoms with Crippen LogP contribution in [-0.2, 0) is 6.42 Å². The van der Waals surface area contributed by atoms with Crippen molar-refractivity contribution in [3.63, 3.8) is 0 Å². The van der Waals surface area contributed by atoms with Gasteiger partial charge in [-0.1, -0.05) is 18.6 Å². The maximum atomic E-state index is 13.7. The number of phenols is 2. The number of likely N-dealkylation sites (tertiary alicyclic amines) is 1. The molecule has 0 amide bonds. The highest BCUT2D eigenvalue weighted by atomic mass is 32.1. The summed E-state index contributed by atoms with van der Waals surface area (Å²) in [7, 11) is 0. The summed E-state index contributed by atoms with van der Waals surface area (Å²) in [6.45, 7) is 3.86. The quantitative estimate of drug-likeness (QED) is 0.298. The van der Waals surface area contributed by atoms with E-state index >= 15 is 0 Å². The van der Waals surface area contributed by atoms with E-state index in [1.807, 2.05) is 42.5 Å². The lowest BCUT2D eigenvalue weighted by Gasteiger charge is -2.26. The number of hydrogen-bond donors (Lipinski definition) is 2. The normalized spacial score (nSPS) is 14.3. The van der Waals surface area contributed by atoms with Crippen LogP contribution < -0.4 is 4.74 Å². The number of nitrogens with zero attached hydrogens (tertiary/aromatic N) is 1. The summed E-state index contributed by atoms with van der Waals surface area (Å²) in [5, 5.41) is 20.4. The van der Waals surface area contributed by atoms with Crippen LogP contribution in [0.25, 0.3) is 10.1 Å². The molecular formula is C29H29NO4S. The molecular weight excluding hydrogens is 458 g/mol. The van der Waals surface area contributed by atoms with Crippen molar-refractivity contribution in [3.8, 4) is 17.2 Å². The molecule has 5 nitrogen and oxygen atoms in total. The van der Waals surface area contributed by atoms with Crippen molar-refractivity contribution in [2.75, 3.05) is 26.2 Å². The molecule has 0 bridgehead atoms. The fourth-order valence-corrected chi connectivity index (χ4v) is 5.90. The van der Waals surface area contributed by atoms with Crippen molar-refractivity contribution in [1.82, 2.24) is 4.90 Å². The molecule has 0 unspecified atom stereocenters. The molecule has 5 rings (SSSR count). The van der Waals surface area contributed by atoms with Crippen molar-refractivity contribution in [2.45, 2.75) is 25.7 Å². The second-order valence-electron chi connectivity index (χ2n) is 9.03. The minimum atomic E-state index is -0.0458. The van der Waals surface area contributed by atoms with E-state index in [9.17, 15) is 15.0 Å². The van der Waals surface area contributed by atoms with Crippen LogP contribution in [0.5, 0.6) is 17.2 Å². The third-order valence-electron chi connectivity index (χ3n) is 6.52. The van der Waals surface area contributed by atoms with Crippen molar-refractivity contribution in [3.05, 3.63) is 88.3 Å². The minimum Gasteiger partial charge on any atom is -0.508 e. The Balaban J connectivity index is 1.35. The summed E-state index contributed by atoms with van der Waals surface area (Å²) < 4.78 is 6.81. The van der Waals surface area contributed by atoms with Gasteiger partial charge in [0.1, 0.15) is 23.9 Å². The second-order valence-corrected chi connectivity index (χ2v) is 10.2. The molecule has 0 saturated carbocycles. The van der Waals surface area contributed by atoms with Crippen LogP contribution in [-0.4, -0.2) is 47.1 Å². The average Bonchev–Trinajstić information content (AvgIpc) is 3.23. The van der Waals surface area contributed by atoms with Gasteiger partial charge in [-0.15, -0.1) is 11.3 Å². The summed E-state index contributed by atoms with van der Waals surface area (Å²) in [6.07, 6.45) is 4.42. The number of hydrogen-bond acceptors (Lipinski definition) is 6. The molecule has 0 spiro atoms. The van der Waals surface area contributed by atoms with Crippen LogP contribution >= 0.6 is 11.3 Å². The maximum Gasteiger partial charge on any atom is 0.194 e. The molecule has 4 aromatic rings. The predicted octanol–water partition coefficient (Wildman–Crippen LogP) is 6.00. The van der Waals surface area contributed by atoms with Crippen LogP contribution in [0.1, 0.15) is 45.6 Å². The third kappa shape index (κ3) is 5.50. The zero-order valence-corrected chi connectivity index (χ0v) is 20.4. The Bertz CT molecular complexity index is 1310. The van der Waals surface area contributed by atoms with Gasteiger partial charge >= 0.3 is 0 Å². The first-order chi connectivity index (χ1) is 17.1. The largest absolute Gasteiger partial charge is 0.508 e. The lowest BCUT2D eigenvalue weighted by Crippen LogP contribution is -2.33. The molecule has 2 N–H and O–H groups in total. The van der Waals surface area contributed by atoms with E-state index < -0.39 is 0 Å². The van der Waals surface area contributed by atoms with Gasteiger partial charge in [-0.25, -0.2) is 0 Å². The number of ketones is 1. The Morgan fingerprint density at radius 3 is 2.34 bits per heavy atom. The number of benzene rings is 3. The van der Waals surface area contributed by atoms with E-state index in [2.05, 4.69) is 4.90 Å². The Kier molecular flexibility index (Phi) is 7.02. The molecule has 1 fully saturated rings. The molecule has 0 aliphatic carbocycles. The third-order valence-corrected chi connectivity index (χ3v) is 7.67. The Morgan fingerprint density at radius 2 is 1.60 bits per heavy atom. The van der Waals surface area contributed by atoms with Gasteiger partial charge in [0.25, 0.3) is 0 Å². The summed E-state index contributed by atoms with van der Waals surface area (Å²) in [4.78, 5) is 17.0. The number of carbonyl (C=O) groups excluding carboxylic acids is 1. The number of phenolic OH excluding ortho intramolecular Hbond substituents is 2. The van der Waals surface area contributed by atoms with E-state index in [0.29, 0.717) is 24.2 Å². The van der Waals surface area contributed by atoms with Gasteiger partial charge < -0.3 is 14.9 Å². The maximum absolute atomic E-state index is 13.7. The van der Waals surface area contributed by atoms with Crippen molar-refractivity contribution in [2.24, 2.45) is 0 Å². The molecule has 1 saturated heterocycles. The monoisotopic (exact) mass is 487 g/mol. The van der Waals surface area contributed by atoms with Crippen LogP contribution in [0.3, 0.4) is 0 Å². The molecule has 0 radical (unpaired) electrons. The average molecular weight is 488 g/mol. The summed E-state index contributed by atoms with van der Waals surface area (Å²) in [6, 6.07) is 19.5. The van der Waals surface area contributed by atoms with Gasteiger partial charge in [0.2, 0.25) is 0 Å². The van der Waals surface area contributed by atoms with Gasteiger partial charge in [0, 0.05) is 39.1 Å². The molecule has 180 valence electrons. The molecule has 2 heterocycles. The number of aromatic hydroxyl groups is 2. The smallest absolute Gasteiger partial charge is 0.194 e. The fraction of sp³-hybridized carbons (Fsp3) is 0.276. The Labute approximate surface area is 209 Å². The van der Waals surface area contributed by atoms with Crippen molar-refractivity contribution >= 4 is 27.2 Å². The molecule has 1 aliphatic rings. The van der Waals surface area contributed by atoms with Crippen LogP contribution in [0.15, 0.2) is 66.7 Å². The lowest BCUT2D eigenvalue weighted by atomic mass is 9.97. The zero-order chi connectivity index (χ0) is 24.2. The summed E-state index contributed by atoms with van der Waals surface area (Å²) >= 11 is 1.52. The predicted molar refractivity (Wildman–Crippen MR) is 140 cm³/mol. The topological polar surface area (TPSA) is 70.0 Å². The first-order valence-corrected chi connectivity index (χ1v) is 12.9. The van der Waals surface area contributed by atoms with Gasteiger partial charge in [0.15, 0.2) is 5.78 Å². The van der Waals surface area contributed by atoms with Crippen molar-refractivity contribution < 1.29 is 19.7 Å². The molecule has 35 heavy (non-hydrogen) atoms.